The van der Waals surface area contributed by atoms with E-state index in [9.17, 15) is 0 Å². The van der Waals surface area contributed by atoms with E-state index in [1.54, 1.807) is 0 Å². The molecule has 21 heavy (non-hydrogen) atoms. The van der Waals surface area contributed by atoms with Gasteiger partial charge in [-0.3, -0.25) is 4.68 Å². The fourth-order valence-corrected chi connectivity index (χ4v) is 3.53. The third-order valence-electron chi connectivity index (χ3n) is 4.41. The number of rotatable bonds is 8. The second-order valence-electron chi connectivity index (χ2n) is 6.02. The van der Waals surface area contributed by atoms with Gasteiger partial charge in [-0.15, -0.1) is 0 Å². The van der Waals surface area contributed by atoms with Gasteiger partial charge >= 0.3 is 0 Å². The van der Waals surface area contributed by atoms with Crippen molar-refractivity contribution in [3.05, 3.63) is 16.4 Å². The van der Waals surface area contributed by atoms with Crippen LogP contribution < -0.4 is 5.32 Å². The molecule has 6 heteroatoms. The third kappa shape index (κ3) is 3.50. The van der Waals surface area contributed by atoms with Crippen LogP contribution in [0.1, 0.15) is 37.9 Å². The summed E-state index contributed by atoms with van der Waals surface area (Å²) in [5.74, 6) is 0. The molecular weight excluding hydrogens is 332 g/mol. The van der Waals surface area contributed by atoms with E-state index in [1.807, 2.05) is 13.3 Å². The molecule has 0 bridgehead atoms. The fraction of sp³-hybridized carbons (Fsp3) is 0.800. The quantitative estimate of drug-likeness (QED) is 0.774. The van der Waals surface area contributed by atoms with E-state index in [0.717, 1.165) is 36.9 Å². The molecule has 120 valence electrons. The molecule has 1 aliphatic rings. The maximum Gasteiger partial charge on any atom is 0.0888 e. The maximum absolute atomic E-state index is 5.91. The van der Waals surface area contributed by atoms with Gasteiger partial charge in [-0.2, -0.15) is 5.10 Å². The van der Waals surface area contributed by atoms with Gasteiger partial charge in [0.05, 0.1) is 34.6 Å². The molecule has 5 nitrogen and oxygen atoms in total. The van der Waals surface area contributed by atoms with Crippen molar-refractivity contribution in [2.45, 2.75) is 44.4 Å². The summed E-state index contributed by atoms with van der Waals surface area (Å²) in [6.07, 6.45) is 5.34. The minimum absolute atomic E-state index is 0.0889. The largest absolute Gasteiger partial charge is 0.376 e. The summed E-state index contributed by atoms with van der Waals surface area (Å²) in [5, 5.41) is 8.16. The Morgan fingerprint density at radius 3 is 2.71 bits per heavy atom. The molecule has 0 aromatic carbocycles. The summed E-state index contributed by atoms with van der Waals surface area (Å²) < 4.78 is 9.09. The molecule has 0 amide bonds. The highest BCUT2D eigenvalue weighted by atomic mass is 79.9. The van der Waals surface area contributed by atoms with Crippen LogP contribution in [0.5, 0.6) is 0 Å². The smallest absolute Gasteiger partial charge is 0.0888 e. The Bertz CT molecular complexity index is 451. The maximum atomic E-state index is 5.91. The normalized spacial score (nSPS) is 18.8. The summed E-state index contributed by atoms with van der Waals surface area (Å²) in [5.41, 5.74) is 1.12. The van der Waals surface area contributed by atoms with Crippen molar-refractivity contribution < 1.29 is 4.74 Å². The molecule has 1 aliphatic carbocycles. The Hall–Kier alpha value is -0.430. The number of hydrogen-bond acceptors (Lipinski definition) is 4. The van der Waals surface area contributed by atoms with Crippen molar-refractivity contribution in [3.63, 3.8) is 0 Å². The average molecular weight is 359 g/mol. The molecule has 2 rings (SSSR count). The van der Waals surface area contributed by atoms with Gasteiger partial charge in [-0.05, 0) is 55.8 Å². The van der Waals surface area contributed by atoms with Crippen molar-refractivity contribution in [2.75, 3.05) is 34.3 Å². The summed E-state index contributed by atoms with van der Waals surface area (Å²) >= 11 is 3.68. The van der Waals surface area contributed by atoms with Gasteiger partial charge in [0.2, 0.25) is 0 Å². The Morgan fingerprint density at radius 2 is 2.24 bits per heavy atom. The summed E-state index contributed by atoms with van der Waals surface area (Å²) in [6.45, 7) is 4.92. The monoisotopic (exact) mass is 358 g/mol. The van der Waals surface area contributed by atoms with E-state index in [0.29, 0.717) is 0 Å². The molecule has 1 unspecified atom stereocenters. The van der Waals surface area contributed by atoms with E-state index >= 15 is 0 Å². The zero-order chi connectivity index (χ0) is 15.5. The first-order valence-corrected chi connectivity index (χ1v) is 8.48. The van der Waals surface area contributed by atoms with Gasteiger partial charge in [0.1, 0.15) is 0 Å². The highest BCUT2D eigenvalue weighted by Crippen LogP contribution is 2.46. The highest BCUT2D eigenvalue weighted by molar-refractivity contribution is 9.10. The van der Waals surface area contributed by atoms with E-state index < -0.39 is 0 Å². The Morgan fingerprint density at radius 1 is 1.52 bits per heavy atom. The summed E-state index contributed by atoms with van der Waals surface area (Å²) in [7, 11) is 6.00. The Labute approximate surface area is 136 Å². The van der Waals surface area contributed by atoms with Crippen LogP contribution >= 0.6 is 15.9 Å². The first-order chi connectivity index (χ1) is 10.0. The average Bonchev–Trinajstić information content (AvgIpc) is 2.75. The number of hydrogen-bond donors (Lipinski definition) is 1. The predicted octanol–water partition coefficient (Wildman–Crippen LogP) is 2.43. The Kier molecular flexibility index (Phi) is 5.82. The third-order valence-corrected chi connectivity index (χ3v) is 5.02. The molecule has 0 saturated heterocycles. The van der Waals surface area contributed by atoms with Crippen LogP contribution in [0.25, 0.3) is 0 Å². The van der Waals surface area contributed by atoms with Gasteiger partial charge in [0.15, 0.2) is 0 Å². The second kappa shape index (κ2) is 7.22. The van der Waals surface area contributed by atoms with Crippen molar-refractivity contribution in [3.8, 4) is 0 Å². The topological polar surface area (TPSA) is 42.3 Å². The van der Waals surface area contributed by atoms with Crippen LogP contribution in [-0.2, 0) is 11.3 Å². The lowest BCUT2D eigenvalue weighted by Crippen LogP contribution is -2.51. The first kappa shape index (κ1) is 16.9. The fourth-order valence-electron chi connectivity index (χ4n) is 3.00. The van der Waals surface area contributed by atoms with Crippen molar-refractivity contribution in [2.24, 2.45) is 0 Å². The van der Waals surface area contributed by atoms with Crippen LogP contribution in [0.15, 0.2) is 10.7 Å². The molecule has 1 fully saturated rings. The Balaban J connectivity index is 2.29. The van der Waals surface area contributed by atoms with Crippen LogP contribution in [-0.4, -0.2) is 54.6 Å². The highest BCUT2D eigenvalue weighted by Gasteiger charge is 2.46. The minimum atomic E-state index is -0.0889. The second-order valence-corrected chi connectivity index (χ2v) is 6.87. The van der Waals surface area contributed by atoms with Crippen molar-refractivity contribution in [1.29, 1.82) is 0 Å². The van der Waals surface area contributed by atoms with E-state index in [-0.39, 0.29) is 11.6 Å². The molecule has 0 spiro atoms. The lowest BCUT2D eigenvalue weighted by molar-refractivity contribution is -0.101. The standard InChI is InChI=1S/C15H27BrN4O/c1-5-17-14(15(21-4)7-6-8-15)13-12(16)11-18-20(13)10-9-19(2)3/h11,14,17H,5-10H2,1-4H3. The SMILES string of the molecule is CCNC(c1c(Br)cnn1CCN(C)C)C1(OC)CCC1. The lowest BCUT2D eigenvalue weighted by atomic mass is 9.73. The van der Waals surface area contributed by atoms with E-state index in [2.05, 4.69) is 56.9 Å². The number of nitrogens with one attached hydrogen (secondary N) is 1. The molecule has 0 radical (unpaired) electrons. The van der Waals surface area contributed by atoms with Crippen LogP contribution in [0.4, 0.5) is 0 Å². The number of aromatic nitrogens is 2. The number of likely N-dealkylation sites (N-methyl/N-ethyl adjacent to an activating group) is 2. The van der Waals surface area contributed by atoms with Gasteiger partial charge in [-0.1, -0.05) is 6.92 Å². The predicted molar refractivity (Wildman–Crippen MR) is 88.5 cm³/mol. The molecular formula is C15H27BrN4O. The summed E-state index contributed by atoms with van der Waals surface area (Å²) in [4.78, 5) is 2.18. The van der Waals surface area contributed by atoms with Gasteiger partial charge < -0.3 is 15.0 Å². The molecule has 1 saturated carbocycles. The van der Waals surface area contributed by atoms with E-state index in [1.165, 1.54) is 12.1 Å². The van der Waals surface area contributed by atoms with Crippen LogP contribution in [0.3, 0.4) is 0 Å². The van der Waals surface area contributed by atoms with Gasteiger partial charge in [0, 0.05) is 13.7 Å². The van der Waals surface area contributed by atoms with E-state index in [4.69, 9.17) is 4.74 Å². The van der Waals surface area contributed by atoms with Crippen LogP contribution in [0, 0.1) is 0 Å². The number of nitrogens with zero attached hydrogens (tertiary/aromatic N) is 3. The number of methoxy groups -OCH3 is 1. The van der Waals surface area contributed by atoms with Crippen LogP contribution in [0.2, 0.25) is 0 Å². The molecule has 1 aromatic rings. The lowest BCUT2D eigenvalue weighted by Gasteiger charge is -2.47. The first-order valence-electron chi connectivity index (χ1n) is 7.68. The van der Waals surface area contributed by atoms with Crippen molar-refractivity contribution >= 4 is 15.9 Å². The molecule has 1 N–H and O–H groups in total. The molecule has 1 heterocycles. The number of halogens is 1. The zero-order valence-electron chi connectivity index (χ0n) is 13.5. The summed E-state index contributed by atoms with van der Waals surface area (Å²) in [6, 6.07) is 0.181. The van der Waals surface area contributed by atoms with Crippen molar-refractivity contribution in [1.82, 2.24) is 20.0 Å². The van der Waals surface area contributed by atoms with Gasteiger partial charge in [-0.25, -0.2) is 0 Å². The van der Waals surface area contributed by atoms with Gasteiger partial charge in [0.25, 0.3) is 0 Å². The zero-order valence-corrected chi connectivity index (χ0v) is 15.1. The molecule has 0 aliphatic heterocycles. The molecule has 1 atom stereocenters. The minimum Gasteiger partial charge on any atom is -0.376 e. The molecule has 1 aromatic heterocycles. The number of ether oxygens (including phenoxy) is 1.